The predicted octanol–water partition coefficient (Wildman–Crippen LogP) is 1.59. The van der Waals surface area contributed by atoms with Crippen molar-refractivity contribution in [1.29, 1.82) is 0 Å². The highest BCUT2D eigenvalue weighted by Gasteiger charge is 2.29. The first-order chi connectivity index (χ1) is 9.26. The second kappa shape index (κ2) is 6.52. The molecule has 0 radical (unpaired) electrons. The number of amides is 1. The van der Waals surface area contributed by atoms with Gasteiger partial charge in [0.05, 0.1) is 25.0 Å². The number of piperidine rings is 1. The molecule has 0 aromatic carbocycles. The van der Waals surface area contributed by atoms with E-state index in [0.717, 1.165) is 38.0 Å². The molecule has 2 rings (SSSR count). The van der Waals surface area contributed by atoms with Crippen LogP contribution in [0.2, 0.25) is 0 Å². The molecule has 1 unspecified atom stereocenters. The number of pyridine rings is 1. The van der Waals surface area contributed by atoms with Gasteiger partial charge in [0.1, 0.15) is 0 Å². The Morgan fingerprint density at radius 2 is 2.37 bits per heavy atom. The van der Waals surface area contributed by atoms with Gasteiger partial charge in [0.15, 0.2) is 0 Å². The molecular formula is C14H21N3O2. The lowest BCUT2D eigenvalue weighted by atomic mass is 10.0. The molecule has 1 aromatic rings. The van der Waals surface area contributed by atoms with Gasteiger partial charge in [-0.25, -0.2) is 4.98 Å². The number of rotatable bonds is 5. The minimum atomic E-state index is -0.0594. The lowest BCUT2D eigenvalue weighted by molar-refractivity contribution is -0.121. The summed E-state index contributed by atoms with van der Waals surface area (Å²) in [7, 11) is 1.58. The lowest BCUT2D eigenvalue weighted by Crippen LogP contribution is -2.51. The van der Waals surface area contributed by atoms with Crippen LogP contribution in [0, 0.1) is 0 Å². The molecular weight excluding hydrogens is 242 g/mol. The van der Waals surface area contributed by atoms with Crippen LogP contribution in [0.1, 0.15) is 26.2 Å². The number of nitrogens with one attached hydrogen (secondary N) is 1. The van der Waals surface area contributed by atoms with Gasteiger partial charge in [0.2, 0.25) is 11.8 Å². The quantitative estimate of drug-likeness (QED) is 0.876. The van der Waals surface area contributed by atoms with E-state index in [2.05, 4.69) is 17.2 Å². The van der Waals surface area contributed by atoms with E-state index in [-0.39, 0.29) is 11.9 Å². The zero-order chi connectivity index (χ0) is 13.7. The van der Waals surface area contributed by atoms with Crippen molar-refractivity contribution in [3.63, 3.8) is 0 Å². The summed E-state index contributed by atoms with van der Waals surface area (Å²) >= 11 is 0. The van der Waals surface area contributed by atoms with E-state index in [1.807, 2.05) is 11.0 Å². The lowest BCUT2D eigenvalue weighted by Gasteiger charge is -2.32. The minimum absolute atomic E-state index is 0.0594. The van der Waals surface area contributed by atoms with Gasteiger partial charge in [-0.2, -0.15) is 0 Å². The van der Waals surface area contributed by atoms with Gasteiger partial charge in [-0.1, -0.05) is 6.92 Å². The average molecular weight is 263 g/mol. The summed E-state index contributed by atoms with van der Waals surface area (Å²) in [6, 6.07) is 3.60. The molecule has 104 valence electrons. The zero-order valence-corrected chi connectivity index (χ0v) is 11.6. The number of anilines is 1. The van der Waals surface area contributed by atoms with Crippen LogP contribution >= 0.6 is 0 Å². The number of ether oxygens (including phenoxy) is 1. The summed E-state index contributed by atoms with van der Waals surface area (Å²) in [6.45, 7) is 3.74. The second-order valence-electron chi connectivity index (χ2n) is 4.70. The normalized spacial score (nSPS) is 19.6. The van der Waals surface area contributed by atoms with E-state index in [0.29, 0.717) is 5.88 Å². The van der Waals surface area contributed by atoms with Crippen LogP contribution < -0.4 is 15.0 Å². The van der Waals surface area contributed by atoms with Crippen LogP contribution in [0.5, 0.6) is 5.88 Å². The summed E-state index contributed by atoms with van der Waals surface area (Å²) < 4.78 is 5.03. The van der Waals surface area contributed by atoms with E-state index >= 15 is 0 Å². The van der Waals surface area contributed by atoms with E-state index in [1.54, 1.807) is 19.4 Å². The van der Waals surface area contributed by atoms with Crippen LogP contribution in [-0.2, 0) is 4.79 Å². The third kappa shape index (κ3) is 3.23. The maximum Gasteiger partial charge on any atom is 0.244 e. The number of carbonyl (C=O) groups excluding carboxylic acids is 1. The largest absolute Gasteiger partial charge is 0.481 e. The Labute approximate surface area is 114 Å². The number of aromatic nitrogens is 1. The van der Waals surface area contributed by atoms with Crippen molar-refractivity contribution in [3.8, 4) is 5.88 Å². The predicted molar refractivity (Wildman–Crippen MR) is 74.5 cm³/mol. The highest BCUT2D eigenvalue weighted by atomic mass is 16.5. The fourth-order valence-electron chi connectivity index (χ4n) is 2.29. The van der Waals surface area contributed by atoms with Gasteiger partial charge in [-0.05, 0) is 31.9 Å². The monoisotopic (exact) mass is 263 g/mol. The molecule has 0 spiro atoms. The molecule has 1 saturated heterocycles. The summed E-state index contributed by atoms with van der Waals surface area (Å²) in [5, 5.41) is 3.31. The number of nitrogens with zero attached hydrogens (tertiary/aromatic N) is 2. The molecule has 1 atom stereocenters. The van der Waals surface area contributed by atoms with Crippen LogP contribution in [0.25, 0.3) is 0 Å². The smallest absolute Gasteiger partial charge is 0.244 e. The summed E-state index contributed by atoms with van der Waals surface area (Å²) in [5.74, 6) is 0.709. The number of carbonyl (C=O) groups is 1. The first-order valence-electron chi connectivity index (χ1n) is 6.81. The molecule has 1 aliphatic heterocycles. The molecule has 5 heteroatoms. The van der Waals surface area contributed by atoms with Crippen LogP contribution in [0.3, 0.4) is 0 Å². The Morgan fingerprint density at radius 1 is 1.53 bits per heavy atom. The van der Waals surface area contributed by atoms with Gasteiger partial charge in [-0.15, -0.1) is 0 Å². The van der Waals surface area contributed by atoms with Crippen molar-refractivity contribution in [2.75, 3.05) is 25.1 Å². The molecule has 1 aromatic heterocycles. The SMILES string of the molecule is CCCNC1CCCN(c2ccc(OC)nc2)C1=O. The second-order valence-corrected chi connectivity index (χ2v) is 4.70. The van der Waals surface area contributed by atoms with Crippen molar-refractivity contribution in [2.45, 2.75) is 32.2 Å². The topological polar surface area (TPSA) is 54.5 Å². The third-order valence-corrected chi connectivity index (χ3v) is 3.32. The molecule has 1 amide bonds. The van der Waals surface area contributed by atoms with Crippen LogP contribution in [0.4, 0.5) is 5.69 Å². The van der Waals surface area contributed by atoms with Crippen molar-refractivity contribution >= 4 is 11.6 Å². The molecule has 0 bridgehead atoms. The van der Waals surface area contributed by atoms with E-state index in [9.17, 15) is 4.79 Å². The Bertz CT molecular complexity index is 419. The van der Waals surface area contributed by atoms with E-state index in [4.69, 9.17) is 4.74 Å². The first kappa shape index (κ1) is 13.8. The van der Waals surface area contributed by atoms with Gasteiger partial charge in [0, 0.05) is 12.6 Å². The number of methoxy groups -OCH3 is 1. The first-order valence-corrected chi connectivity index (χ1v) is 6.81. The summed E-state index contributed by atoms with van der Waals surface area (Å²) in [4.78, 5) is 18.4. The van der Waals surface area contributed by atoms with Gasteiger partial charge in [-0.3, -0.25) is 4.79 Å². The highest BCUT2D eigenvalue weighted by molar-refractivity contribution is 5.97. The molecule has 1 N–H and O–H groups in total. The molecule has 19 heavy (non-hydrogen) atoms. The highest BCUT2D eigenvalue weighted by Crippen LogP contribution is 2.21. The maximum atomic E-state index is 12.4. The summed E-state index contributed by atoms with van der Waals surface area (Å²) in [5.41, 5.74) is 0.841. The van der Waals surface area contributed by atoms with Gasteiger partial charge in [0.25, 0.3) is 0 Å². The fraction of sp³-hybridized carbons (Fsp3) is 0.571. The van der Waals surface area contributed by atoms with Gasteiger partial charge < -0.3 is 15.0 Å². The Morgan fingerprint density at radius 3 is 3.00 bits per heavy atom. The zero-order valence-electron chi connectivity index (χ0n) is 11.6. The maximum absolute atomic E-state index is 12.4. The summed E-state index contributed by atoms with van der Waals surface area (Å²) in [6.07, 6.45) is 4.66. The fourth-order valence-corrected chi connectivity index (χ4v) is 2.29. The third-order valence-electron chi connectivity index (χ3n) is 3.32. The van der Waals surface area contributed by atoms with Gasteiger partial charge >= 0.3 is 0 Å². The van der Waals surface area contributed by atoms with Crippen molar-refractivity contribution in [3.05, 3.63) is 18.3 Å². The number of hydrogen-bond donors (Lipinski definition) is 1. The number of hydrogen-bond acceptors (Lipinski definition) is 4. The van der Waals surface area contributed by atoms with E-state index in [1.165, 1.54) is 0 Å². The molecule has 5 nitrogen and oxygen atoms in total. The average Bonchev–Trinajstić information content (AvgIpc) is 2.46. The molecule has 2 heterocycles. The Hall–Kier alpha value is -1.62. The van der Waals surface area contributed by atoms with Crippen molar-refractivity contribution in [2.24, 2.45) is 0 Å². The molecule has 0 saturated carbocycles. The Kier molecular flexibility index (Phi) is 4.74. The molecule has 0 aliphatic carbocycles. The molecule has 1 fully saturated rings. The van der Waals surface area contributed by atoms with Crippen LogP contribution in [-0.4, -0.2) is 37.1 Å². The van der Waals surface area contributed by atoms with Crippen molar-refractivity contribution < 1.29 is 9.53 Å². The van der Waals surface area contributed by atoms with E-state index < -0.39 is 0 Å². The standard InChI is InChI=1S/C14H21N3O2/c1-3-8-15-12-5-4-9-17(14(12)18)11-6-7-13(19-2)16-10-11/h6-7,10,12,15H,3-5,8-9H2,1-2H3. The van der Waals surface area contributed by atoms with Crippen LogP contribution in [0.15, 0.2) is 18.3 Å². The van der Waals surface area contributed by atoms with Crippen molar-refractivity contribution in [1.82, 2.24) is 10.3 Å². The Balaban J connectivity index is 2.07. The minimum Gasteiger partial charge on any atom is -0.481 e. The molecule has 1 aliphatic rings.